The van der Waals surface area contributed by atoms with Gasteiger partial charge in [-0.1, -0.05) is 19.3 Å². The van der Waals surface area contributed by atoms with Crippen LogP contribution in [0.4, 0.5) is 0 Å². The number of ether oxygens (including phenoxy) is 1. The van der Waals surface area contributed by atoms with Gasteiger partial charge in [-0.15, -0.1) is 0 Å². The first-order valence-electron chi connectivity index (χ1n) is 7.64. The molecule has 0 unspecified atom stereocenters. The Morgan fingerprint density at radius 3 is 2.60 bits per heavy atom. The monoisotopic (exact) mass is 301 g/mol. The molecular formula is C13H24ClN5O. The summed E-state index contributed by atoms with van der Waals surface area (Å²) in [5.74, 6) is 0. The molecule has 2 fully saturated rings. The molecule has 0 bridgehead atoms. The molecule has 0 radical (unpaired) electrons. The number of halogens is 1. The van der Waals surface area contributed by atoms with Crippen molar-refractivity contribution >= 4 is 16.9 Å². The quantitative estimate of drug-likeness (QED) is 0.794. The molecule has 3 rings (SSSR count). The van der Waals surface area contributed by atoms with Gasteiger partial charge in [0.1, 0.15) is 13.3 Å². The van der Waals surface area contributed by atoms with Crippen LogP contribution < -0.4 is 5.43 Å². The predicted molar refractivity (Wildman–Crippen MR) is 79.1 cm³/mol. The van der Waals surface area contributed by atoms with Gasteiger partial charge in [-0.05, 0) is 24.4 Å². The fourth-order valence-electron chi connectivity index (χ4n) is 3.05. The zero-order valence-corrected chi connectivity index (χ0v) is 12.7. The molecule has 0 aromatic carbocycles. The van der Waals surface area contributed by atoms with Crippen LogP contribution in [-0.2, 0) is 4.74 Å². The molecule has 114 valence electrons. The lowest BCUT2D eigenvalue weighted by Crippen LogP contribution is -2.60. The highest BCUT2D eigenvalue weighted by atomic mass is 35.5. The molecule has 0 atom stereocenters. The maximum atomic E-state index is 6.25. The van der Waals surface area contributed by atoms with Gasteiger partial charge in [-0.2, -0.15) is 5.01 Å². The van der Waals surface area contributed by atoms with Crippen molar-refractivity contribution in [2.75, 3.05) is 39.6 Å². The highest BCUT2D eigenvalue weighted by Gasteiger charge is 2.27. The molecule has 2 heterocycles. The van der Waals surface area contributed by atoms with Gasteiger partial charge in [0.05, 0.1) is 13.2 Å². The van der Waals surface area contributed by atoms with Gasteiger partial charge >= 0.3 is 0 Å². The number of amidine groups is 1. The standard InChI is InChI=1S/C13H24ClN5O/c14-13-15-10-18(17-6-8-20-9-7-17)11-19(13)16-12-4-2-1-3-5-12/h12,16H,1-11H2. The van der Waals surface area contributed by atoms with Crippen LogP contribution in [0.2, 0.25) is 0 Å². The summed E-state index contributed by atoms with van der Waals surface area (Å²) in [6.07, 6.45) is 6.46. The summed E-state index contributed by atoms with van der Waals surface area (Å²) in [4.78, 5) is 4.42. The Morgan fingerprint density at radius 2 is 1.85 bits per heavy atom. The maximum absolute atomic E-state index is 6.25. The first-order chi connectivity index (χ1) is 9.83. The van der Waals surface area contributed by atoms with Gasteiger partial charge in [0, 0.05) is 19.1 Å². The van der Waals surface area contributed by atoms with Crippen molar-refractivity contribution in [3.8, 4) is 0 Å². The summed E-state index contributed by atoms with van der Waals surface area (Å²) in [6, 6.07) is 0.539. The molecule has 0 spiro atoms. The lowest BCUT2D eigenvalue weighted by atomic mass is 9.96. The van der Waals surface area contributed by atoms with E-state index in [0.717, 1.165) is 33.0 Å². The van der Waals surface area contributed by atoms with Crippen LogP contribution in [0.15, 0.2) is 4.99 Å². The highest BCUT2D eigenvalue weighted by Crippen LogP contribution is 2.19. The minimum absolute atomic E-state index is 0.539. The van der Waals surface area contributed by atoms with Gasteiger partial charge < -0.3 is 4.74 Å². The zero-order chi connectivity index (χ0) is 13.8. The molecule has 7 heteroatoms. The summed E-state index contributed by atoms with van der Waals surface area (Å²) in [7, 11) is 0. The second-order valence-corrected chi connectivity index (χ2v) is 6.01. The van der Waals surface area contributed by atoms with E-state index in [9.17, 15) is 0 Å². The Hall–Kier alpha value is -0.400. The highest BCUT2D eigenvalue weighted by molar-refractivity contribution is 6.64. The van der Waals surface area contributed by atoms with Crippen LogP contribution in [0.5, 0.6) is 0 Å². The summed E-state index contributed by atoms with van der Waals surface area (Å²) >= 11 is 6.25. The van der Waals surface area contributed by atoms with E-state index in [1.807, 2.05) is 5.01 Å². The molecule has 6 nitrogen and oxygen atoms in total. The maximum Gasteiger partial charge on any atom is 0.211 e. The molecule has 3 aliphatic rings. The molecule has 20 heavy (non-hydrogen) atoms. The van der Waals surface area contributed by atoms with Crippen molar-refractivity contribution in [1.82, 2.24) is 20.5 Å². The average Bonchev–Trinajstić information content (AvgIpc) is 2.51. The van der Waals surface area contributed by atoms with Gasteiger partial charge in [-0.3, -0.25) is 5.01 Å². The van der Waals surface area contributed by atoms with Crippen LogP contribution >= 0.6 is 11.6 Å². The second-order valence-electron chi connectivity index (χ2n) is 5.67. The topological polar surface area (TPSA) is 43.3 Å². The van der Waals surface area contributed by atoms with Crippen molar-refractivity contribution < 1.29 is 4.74 Å². The normalized spacial score (nSPS) is 27.6. The largest absolute Gasteiger partial charge is 0.379 e. The fraction of sp³-hybridized carbons (Fsp3) is 0.923. The number of aliphatic imine (C=N–C) groups is 1. The zero-order valence-electron chi connectivity index (χ0n) is 11.9. The number of hydrogen-bond acceptors (Lipinski definition) is 6. The first kappa shape index (κ1) is 14.5. The second kappa shape index (κ2) is 7.04. The van der Waals surface area contributed by atoms with Crippen molar-refractivity contribution in [2.24, 2.45) is 4.99 Å². The summed E-state index contributed by atoms with van der Waals surface area (Å²) < 4.78 is 5.40. The molecule has 1 saturated heterocycles. The molecule has 0 amide bonds. The van der Waals surface area contributed by atoms with E-state index in [2.05, 4.69) is 20.4 Å². The minimum Gasteiger partial charge on any atom is -0.379 e. The molecule has 2 aliphatic heterocycles. The number of rotatable bonds is 3. The first-order valence-corrected chi connectivity index (χ1v) is 8.02. The van der Waals surface area contributed by atoms with E-state index in [1.165, 1.54) is 32.1 Å². The molecule has 0 aromatic heterocycles. The summed E-state index contributed by atoms with van der Waals surface area (Å²) in [5.41, 5.74) is 3.55. The van der Waals surface area contributed by atoms with Crippen molar-refractivity contribution in [3.63, 3.8) is 0 Å². The Balaban J connectivity index is 1.56. The Labute approximate surface area is 125 Å². The van der Waals surface area contributed by atoms with E-state index in [0.29, 0.717) is 18.0 Å². The Kier molecular flexibility index (Phi) is 5.12. The van der Waals surface area contributed by atoms with Gasteiger partial charge in [0.15, 0.2) is 0 Å². The third-order valence-corrected chi connectivity index (χ3v) is 4.55. The van der Waals surface area contributed by atoms with E-state index < -0.39 is 0 Å². The Morgan fingerprint density at radius 1 is 1.10 bits per heavy atom. The smallest absolute Gasteiger partial charge is 0.211 e. The molecule has 1 N–H and O–H groups in total. The third-order valence-electron chi connectivity index (χ3n) is 4.22. The predicted octanol–water partition coefficient (Wildman–Crippen LogP) is 1.20. The molecule has 0 aromatic rings. The molecule has 1 aliphatic carbocycles. The van der Waals surface area contributed by atoms with Gasteiger partial charge in [0.2, 0.25) is 5.29 Å². The van der Waals surface area contributed by atoms with Crippen LogP contribution in [0.1, 0.15) is 32.1 Å². The van der Waals surface area contributed by atoms with Crippen LogP contribution in [-0.4, -0.2) is 66.0 Å². The number of morpholine rings is 1. The van der Waals surface area contributed by atoms with Crippen LogP contribution in [0.3, 0.4) is 0 Å². The third kappa shape index (κ3) is 3.62. The molecule has 1 saturated carbocycles. The number of hydrogen-bond donors (Lipinski definition) is 1. The Bertz CT molecular complexity index is 342. The number of hydrazine groups is 2. The minimum atomic E-state index is 0.539. The van der Waals surface area contributed by atoms with Gasteiger partial charge in [0.25, 0.3) is 0 Å². The lowest BCUT2D eigenvalue weighted by molar-refractivity contribution is -0.114. The van der Waals surface area contributed by atoms with Crippen molar-refractivity contribution in [3.05, 3.63) is 0 Å². The van der Waals surface area contributed by atoms with Crippen LogP contribution in [0.25, 0.3) is 0 Å². The van der Waals surface area contributed by atoms with E-state index in [-0.39, 0.29) is 0 Å². The average molecular weight is 302 g/mol. The lowest BCUT2D eigenvalue weighted by Gasteiger charge is -2.42. The van der Waals surface area contributed by atoms with Crippen LogP contribution in [0, 0.1) is 0 Å². The van der Waals surface area contributed by atoms with Crippen molar-refractivity contribution in [2.45, 2.75) is 38.1 Å². The van der Waals surface area contributed by atoms with Crippen molar-refractivity contribution in [1.29, 1.82) is 0 Å². The van der Waals surface area contributed by atoms with E-state index in [4.69, 9.17) is 16.3 Å². The number of nitrogens with one attached hydrogen (secondary N) is 1. The van der Waals surface area contributed by atoms with E-state index >= 15 is 0 Å². The van der Waals surface area contributed by atoms with E-state index in [1.54, 1.807) is 0 Å². The fourth-order valence-corrected chi connectivity index (χ4v) is 3.21. The SMILES string of the molecule is ClC1=NCN(N2CCOCC2)CN1NC1CCCCC1. The summed E-state index contributed by atoms with van der Waals surface area (Å²) in [6.45, 7) is 4.86. The molecular weight excluding hydrogens is 278 g/mol. The van der Waals surface area contributed by atoms with Gasteiger partial charge in [-0.25, -0.2) is 15.4 Å². The number of nitrogens with zero attached hydrogens (tertiary/aromatic N) is 4. The summed E-state index contributed by atoms with van der Waals surface area (Å²) in [5, 5.41) is 7.13.